The molecule has 3 aromatic rings. The molecule has 0 unspecified atom stereocenters. The Morgan fingerprint density at radius 1 is 0.920 bits per heavy atom. The van der Waals surface area contributed by atoms with E-state index in [1.54, 1.807) is 49.4 Å². The molecule has 0 atom stereocenters. The van der Waals surface area contributed by atoms with Gasteiger partial charge in [0.2, 0.25) is 0 Å². The van der Waals surface area contributed by atoms with Crippen LogP contribution in [0.2, 0.25) is 0 Å². The zero-order chi connectivity index (χ0) is 18.4. The molecule has 1 N–H and O–H groups in total. The Hall–Kier alpha value is -2.76. The van der Waals surface area contributed by atoms with Gasteiger partial charge in [0.1, 0.15) is 5.69 Å². The van der Waals surface area contributed by atoms with Crippen molar-refractivity contribution in [3.8, 4) is 16.8 Å². The molecule has 0 radical (unpaired) electrons. The summed E-state index contributed by atoms with van der Waals surface area (Å²) in [4.78, 5) is 12.8. The van der Waals surface area contributed by atoms with Gasteiger partial charge in [-0.25, -0.2) is 4.68 Å². The first-order valence-corrected chi connectivity index (χ1v) is 7.75. The number of alkyl halides is 3. The van der Waals surface area contributed by atoms with Crippen molar-refractivity contribution in [3.05, 3.63) is 75.2 Å². The van der Waals surface area contributed by atoms with E-state index in [0.29, 0.717) is 11.3 Å². The topological polar surface area (TPSA) is 37.8 Å². The summed E-state index contributed by atoms with van der Waals surface area (Å²) >= 11 is 0. The number of H-pyrrole nitrogens is 1. The van der Waals surface area contributed by atoms with Crippen molar-refractivity contribution in [1.82, 2.24) is 9.78 Å². The number of aromatic nitrogens is 2. The van der Waals surface area contributed by atoms with Crippen LogP contribution in [0.25, 0.3) is 16.8 Å². The molecule has 0 spiro atoms. The predicted octanol–water partition coefficient (Wildman–Crippen LogP) is 4.78. The van der Waals surface area contributed by atoms with Gasteiger partial charge in [-0.15, -0.1) is 0 Å². The quantitative estimate of drug-likeness (QED) is 0.713. The maximum atomic E-state index is 13.5. The van der Waals surface area contributed by atoms with Gasteiger partial charge in [0, 0.05) is 0 Å². The van der Waals surface area contributed by atoms with Gasteiger partial charge in [0.05, 0.1) is 11.3 Å². The van der Waals surface area contributed by atoms with Gasteiger partial charge in [-0.2, -0.15) is 13.2 Å². The third-order valence-electron chi connectivity index (χ3n) is 4.12. The van der Waals surface area contributed by atoms with Crippen LogP contribution in [-0.2, 0) is 6.18 Å². The summed E-state index contributed by atoms with van der Waals surface area (Å²) in [5.74, 6) is 0. The third kappa shape index (κ3) is 3.12. The van der Waals surface area contributed by atoms with Crippen LogP contribution in [0.4, 0.5) is 13.2 Å². The SMILES string of the molecule is Cc1ccc(-n2[nH]c(C(F)(F)F)c(-c3ccc(C)cc3C)c2=O)cc1. The Morgan fingerprint density at radius 3 is 2.08 bits per heavy atom. The Morgan fingerprint density at radius 2 is 1.52 bits per heavy atom. The molecule has 1 aromatic heterocycles. The number of nitrogens with zero attached hydrogens (tertiary/aromatic N) is 1. The van der Waals surface area contributed by atoms with E-state index in [-0.39, 0.29) is 11.1 Å². The van der Waals surface area contributed by atoms with E-state index in [9.17, 15) is 18.0 Å². The van der Waals surface area contributed by atoms with E-state index in [1.807, 2.05) is 13.8 Å². The fourth-order valence-electron chi connectivity index (χ4n) is 2.86. The lowest BCUT2D eigenvalue weighted by molar-refractivity contribution is -0.140. The average Bonchev–Trinajstić information content (AvgIpc) is 2.86. The van der Waals surface area contributed by atoms with E-state index in [2.05, 4.69) is 5.10 Å². The molecule has 0 amide bonds. The molecule has 3 nitrogen and oxygen atoms in total. The summed E-state index contributed by atoms with van der Waals surface area (Å²) in [6, 6.07) is 11.7. The highest BCUT2D eigenvalue weighted by molar-refractivity contribution is 5.70. The van der Waals surface area contributed by atoms with Gasteiger partial charge in [0.25, 0.3) is 5.56 Å². The highest BCUT2D eigenvalue weighted by Gasteiger charge is 2.38. The minimum atomic E-state index is -4.66. The molecule has 0 aliphatic carbocycles. The molecule has 0 saturated heterocycles. The minimum Gasteiger partial charge on any atom is -0.286 e. The maximum Gasteiger partial charge on any atom is 0.433 e. The standard InChI is InChI=1S/C19H17F3N2O/c1-11-4-7-14(8-5-11)24-18(25)16(17(23-24)19(20,21)22)15-9-6-12(2)10-13(15)3/h4-10,23H,1-3H3. The van der Waals surface area contributed by atoms with Crippen molar-refractivity contribution >= 4 is 0 Å². The number of benzene rings is 2. The summed E-state index contributed by atoms with van der Waals surface area (Å²) < 4.78 is 41.5. The van der Waals surface area contributed by atoms with Crippen molar-refractivity contribution in [2.24, 2.45) is 0 Å². The monoisotopic (exact) mass is 346 g/mol. The van der Waals surface area contributed by atoms with Gasteiger partial charge in [-0.05, 0) is 44.0 Å². The molecule has 2 aromatic carbocycles. The van der Waals surface area contributed by atoms with Crippen molar-refractivity contribution in [2.75, 3.05) is 0 Å². The highest BCUT2D eigenvalue weighted by atomic mass is 19.4. The van der Waals surface area contributed by atoms with Crippen molar-refractivity contribution in [3.63, 3.8) is 0 Å². The van der Waals surface area contributed by atoms with Gasteiger partial charge in [-0.3, -0.25) is 9.89 Å². The number of rotatable bonds is 2. The minimum absolute atomic E-state index is 0.282. The lowest BCUT2D eigenvalue weighted by Gasteiger charge is -2.09. The fourth-order valence-corrected chi connectivity index (χ4v) is 2.86. The van der Waals surface area contributed by atoms with Crippen molar-refractivity contribution in [1.29, 1.82) is 0 Å². The molecule has 130 valence electrons. The van der Waals surface area contributed by atoms with Gasteiger partial charge in [-0.1, -0.05) is 41.5 Å². The van der Waals surface area contributed by atoms with Crippen LogP contribution in [0.3, 0.4) is 0 Å². The fraction of sp³-hybridized carbons (Fsp3) is 0.211. The number of hydrogen-bond donors (Lipinski definition) is 1. The second kappa shape index (κ2) is 5.95. The lowest BCUT2D eigenvalue weighted by Crippen LogP contribution is -2.16. The predicted molar refractivity (Wildman–Crippen MR) is 91.0 cm³/mol. The zero-order valence-electron chi connectivity index (χ0n) is 14.0. The molecule has 0 aliphatic heterocycles. The molecule has 0 aliphatic rings. The first kappa shape index (κ1) is 17.1. The average molecular weight is 346 g/mol. The molecule has 0 fully saturated rings. The summed E-state index contributed by atoms with van der Waals surface area (Å²) in [7, 11) is 0. The summed E-state index contributed by atoms with van der Waals surface area (Å²) in [5.41, 5.74) is 1.02. The molecule has 3 rings (SSSR count). The summed E-state index contributed by atoms with van der Waals surface area (Å²) in [6.45, 7) is 5.41. The molecule has 6 heteroatoms. The Bertz CT molecular complexity index is 979. The first-order valence-electron chi connectivity index (χ1n) is 7.75. The van der Waals surface area contributed by atoms with Crippen LogP contribution in [0.15, 0.2) is 47.3 Å². The number of aryl methyl sites for hydroxylation is 3. The summed E-state index contributed by atoms with van der Waals surface area (Å²) in [6.07, 6.45) is -4.66. The van der Waals surface area contributed by atoms with Crippen molar-refractivity contribution in [2.45, 2.75) is 26.9 Å². The third-order valence-corrected chi connectivity index (χ3v) is 4.12. The van der Waals surface area contributed by atoms with Crippen LogP contribution in [-0.4, -0.2) is 9.78 Å². The van der Waals surface area contributed by atoms with Gasteiger partial charge >= 0.3 is 6.18 Å². The lowest BCUT2D eigenvalue weighted by atomic mass is 9.99. The number of halogens is 3. The number of nitrogens with one attached hydrogen (secondary N) is 1. The molecular formula is C19H17F3N2O. The van der Waals surface area contributed by atoms with E-state index in [0.717, 1.165) is 15.8 Å². The van der Waals surface area contributed by atoms with Gasteiger partial charge in [0.15, 0.2) is 0 Å². The Kier molecular flexibility index (Phi) is 4.06. The van der Waals surface area contributed by atoms with Crippen LogP contribution >= 0.6 is 0 Å². The van der Waals surface area contributed by atoms with Gasteiger partial charge < -0.3 is 0 Å². The van der Waals surface area contributed by atoms with Crippen LogP contribution in [0, 0.1) is 20.8 Å². The molecule has 1 heterocycles. The normalized spacial score (nSPS) is 11.8. The Labute approximate surface area is 142 Å². The molecule has 0 bridgehead atoms. The number of hydrogen-bond acceptors (Lipinski definition) is 1. The molecule has 25 heavy (non-hydrogen) atoms. The first-order chi connectivity index (χ1) is 11.7. The highest BCUT2D eigenvalue weighted by Crippen LogP contribution is 2.35. The molecule has 0 saturated carbocycles. The second-order valence-electron chi connectivity index (χ2n) is 6.15. The van der Waals surface area contributed by atoms with E-state index in [4.69, 9.17) is 0 Å². The van der Waals surface area contributed by atoms with E-state index >= 15 is 0 Å². The second-order valence-corrected chi connectivity index (χ2v) is 6.15. The maximum absolute atomic E-state index is 13.5. The van der Waals surface area contributed by atoms with Crippen LogP contribution < -0.4 is 5.56 Å². The van der Waals surface area contributed by atoms with E-state index in [1.165, 1.54) is 0 Å². The summed E-state index contributed by atoms with van der Waals surface area (Å²) in [5, 5.41) is 2.25. The number of aromatic amines is 1. The van der Waals surface area contributed by atoms with Crippen LogP contribution in [0.1, 0.15) is 22.4 Å². The smallest absolute Gasteiger partial charge is 0.286 e. The van der Waals surface area contributed by atoms with Crippen molar-refractivity contribution < 1.29 is 13.2 Å². The van der Waals surface area contributed by atoms with Crippen LogP contribution in [0.5, 0.6) is 0 Å². The molecular weight excluding hydrogens is 329 g/mol. The largest absolute Gasteiger partial charge is 0.433 e. The Balaban J connectivity index is 2.30. The van der Waals surface area contributed by atoms with E-state index < -0.39 is 17.4 Å². The zero-order valence-corrected chi connectivity index (χ0v) is 14.0.